The first-order valence-electron chi connectivity index (χ1n) is 10.3. The van der Waals surface area contributed by atoms with E-state index in [-0.39, 0.29) is 5.91 Å². The number of carbonyl (C=O) groups excluding carboxylic acids is 1. The first-order valence-corrected chi connectivity index (χ1v) is 11.1. The lowest BCUT2D eigenvalue weighted by Gasteiger charge is -2.24. The maximum absolute atomic E-state index is 13.0. The summed E-state index contributed by atoms with van der Waals surface area (Å²) >= 11 is 1.54. The van der Waals surface area contributed by atoms with Crippen molar-refractivity contribution in [1.82, 2.24) is 29.8 Å². The lowest BCUT2D eigenvalue weighted by Crippen LogP contribution is -2.39. The molecule has 0 atom stereocenters. The number of aromatic nitrogens is 5. The highest BCUT2D eigenvalue weighted by molar-refractivity contribution is 7.21. The number of aryl methyl sites for hydroxylation is 1. The summed E-state index contributed by atoms with van der Waals surface area (Å²) in [6, 6.07) is 11.8. The van der Waals surface area contributed by atoms with E-state index < -0.39 is 5.41 Å². The Morgan fingerprint density at radius 2 is 2.03 bits per heavy atom. The van der Waals surface area contributed by atoms with Gasteiger partial charge >= 0.3 is 0 Å². The molecule has 0 aliphatic rings. The molecular formula is C24H22N6OS. The Bertz CT molecular complexity index is 1440. The van der Waals surface area contributed by atoms with Crippen LogP contribution in [-0.2, 0) is 23.8 Å². The quantitative estimate of drug-likeness (QED) is 0.440. The Balaban J connectivity index is 1.45. The Morgan fingerprint density at radius 3 is 2.84 bits per heavy atom. The fourth-order valence-corrected chi connectivity index (χ4v) is 4.62. The molecule has 4 aromatic heterocycles. The molecule has 0 unspecified atom stereocenters. The van der Waals surface area contributed by atoms with Gasteiger partial charge in [0.15, 0.2) is 0 Å². The summed E-state index contributed by atoms with van der Waals surface area (Å²) in [7, 11) is 1.96. The average molecular weight is 443 g/mol. The Hall–Kier alpha value is -3.65. The van der Waals surface area contributed by atoms with Gasteiger partial charge in [-0.1, -0.05) is 35.6 Å². The van der Waals surface area contributed by atoms with Gasteiger partial charge in [0, 0.05) is 31.5 Å². The van der Waals surface area contributed by atoms with Crippen molar-refractivity contribution in [3.8, 4) is 10.6 Å². The van der Waals surface area contributed by atoms with Crippen molar-refractivity contribution in [1.29, 1.82) is 0 Å². The minimum absolute atomic E-state index is 0.0407. The number of amides is 1. The smallest absolute Gasteiger partial charge is 0.230 e. The zero-order valence-electron chi connectivity index (χ0n) is 18.0. The third kappa shape index (κ3) is 3.52. The van der Waals surface area contributed by atoms with Crippen molar-refractivity contribution < 1.29 is 4.79 Å². The first kappa shape index (κ1) is 20.3. The fourth-order valence-electron chi connectivity index (χ4n) is 3.71. The van der Waals surface area contributed by atoms with E-state index in [1.54, 1.807) is 36.3 Å². The zero-order chi connectivity index (χ0) is 22.3. The number of imidazole rings is 1. The van der Waals surface area contributed by atoms with Crippen molar-refractivity contribution in [2.45, 2.75) is 25.8 Å². The highest BCUT2D eigenvalue weighted by Gasteiger charge is 2.30. The molecule has 1 N–H and O–H groups in total. The summed E-state index contributed by atoms with van der Waals surface area (Å²) in [5.74, 6) is -0.0407. The highest BCUT2D eigenvalue weighted by Crippen LogP contribution is 2.34. The van der Waals surface area contributed by atoms with Crippen LogP contribution < -0.4 is 5.32 Å². The van der Waals surface area contributed by atoms with E-state index in [0.29, 0.717) is 6.54 Å². The van der Waals surface area contributed by atoms with Crippen LogP contribution in [0.5, 0.6) is 0 Å². The number of thiazole rings is 1. The normalized spacial score (nSPS) is 11.8. The number of rotatable bonds is 5. The summed E-state index contributed by atoms with van der Waals surface area (Å²) in [6.07, 6.45) is 7.04. The maximum atomic E-state index is 13.0. The molecule has 4 heterocycles. The molecule has 160 valence electrons. The van der Waals surface area contributed by atoms with E-state index in [2.05, 4.69) is 20.3 Å². The van der Waals surface area contributed by atoms with E-state index in [9.17, 15) is 4.79 Å². The van der Waals surface area contributed by atoms with Crippen molar-refractivity contribution in [3.63, 3.8) is 0 Å². The molecule has 1 amide bonds. The molecule has 0 saturated heterocycles. The number of fused-ring (bicyclic) bond motifs is 3. The van der Waals surface area contributed by atoms with Crippen molar-refractivity contribution >= 4 is 38.6 Å². The number of hydrogen-bond donors (Lipinski definition) is 1. The van der Waals surface area contributed by atoms with E-state index in [1.807, 2.05) is 61.9 Å². The van der Waals surface area contributed by atoms with Gasteiger partial charge < -0.3 is 9.88 Å². The molecule has 1 aromatic carbocycles. The second-order valence-corrected chi connectivity index (χ2v) is 9.25. The molecule has 0 fully saturated rings. The number of nitrogens with zero attached hydrogens (tertiary/aromatic N) is 5. The van der Waals surface area contributed by atoms with Crippen LogP contribution in [0.15, 0.2) is 61.3 Å². The Morgan fingerprint density at radius 1 is 1.16 bits per heavy atom. The SMILES string of the molecule is Cn1cnc2cnc3sc(-c4cccc(C(C)(C)C(=O)NCc5cccnc5)c4)nc3c21. The minimum Gasteiger partial charge on any atom is -0.351 e. The van der Waals surface area contributed by atoms with E-state index in [1.165, 1.54) is 0 Å². The van der Waals surface area contributed by atoms with Gasteiger partial charge in [0.05, 0.1) is 23.5 Å². The molecule has 0 aliphatic carbocycles. The number of hydrogen-bond acceptors (Lipinski definition) is 6. The predicted octanol–water partition coefficient (Wildman–Crippen LogP) is 4.23. The summed E-state index contributed by atoms with van der Waals surface area (Å²) in [5.41, 5.74) is 4.81. The highest BCUT2D eigenvalue weighted by atomic mass is 32.1. The lowest BCUT2D eigenvalue weighted by atomic mass is 9.83. The van der Waals surface area contributed by atoms with Crippen LogP contribution >= 0.6 is 11.3 Å². The largest absolute Gasteiger partial charge is 0.351 e. The third-order valence-electron chi connectivity index (χ3n) is 5.68. The van der Waals surface area contributed by atoms with Gasteiger partial charge in [-0.25, -0.2) is 15.0 Å². The van der Waals surface area contributed by atoms with Crippen molar-refractivity contribution in [3.05, 3.63) is 72.4 Å². The Labute approximate surface area is 189 Å². The van der Waals surface area contributed by atoms with Gasteiger partial charge in [-0.15, -0.1) is 0 Å². The van der Waals surface area contributed by atoms with Gasteiger partial charge in [-0.05, 0) is 37.1 Å². The predicted molar refractivity (Wildman–Crippen MR) is 126 cm³/mol. The van der Waals surface area contributed by atoms with E-state index in [0.717, 1.165) is 43.1 Å². The fraction of sp³-hybridized carbons (Fsp3) is 0.208. The molecule has 0 radical (unpaired) electrons. The molecule has 5 aromatic rings. The summed E-state index contributed by atoms with van der Waals surface area (Å²) in [4.78, 5) is 31.8. The van der Waals surface area contributed by atoms with Crippen LogP contribution in [0.1, 0.15) is 25.0 Å². The van der Waals surface area contributed by atoms with Crippen molar-refractivity contribution in [2.75, 3.05) is 0 Å². The van der Waals surface area contributed by atoms with Crippen LogP contribution in [0.2, 0.25) is 0 Å². The van der Waals surface area contributed by atoms with Gasteiger partial charge in [0.25, 0.3) is 0 Å². The second kappa shape index (κ2) is 7.80. The molecular weight excluding hydrogens is 420 g/mol. The van der Waals surface area contributed by atoms with Gasteiger partial charge in [-0.3, -0.25) is 9.78 Å². The molecule has 0 aliphatic heterocycles. The van der Waals surface area contributed by atoms with Crippen LogP contribution in [0.3, 0.4) is 0 Å². The standard InChI is InChI=1S/C24H22N6OS/c1-24(2,23(31)27-12-15-6-5-9-25-11-15)17-8-4-7-16(10-17)21-29-19-20-18(28-14-30(20)3)13-26-22(19)32-21/h4-11,13-14H,12H2,1-3H3,(H,27,31). The van der Waals surface area contributed by atoms with Crippen molar-refractivity contribution in [2.24, 2.45) is 7.05 Å². The van der Waals surface area contributed by atoms with Crippen LogP contribution in [-0.4, -0.2) is 30.4 Å². The van der Waals surface area contributed by atoms with E-state index >= 15 is 0 Å². The Kier molecular flexibility index (Phi) is 4.94. The molecule has 8 heteroatoms. The minimum atomic E-state index is -0.706. The average Bonchev–Trinajstić information content (AvgIpc) is 3.41. The van der Waals surface area contributed by atoms with Gasteiger partial charge in [-0.2, -0.15) is 0 Å². The lowest BCUT2D eigenvalue weighted by molar-refractivity contribution is -0.125. The zero-order valence-corrected chi connectivity index (χ0v) is 18.8. The molecule has 0 saturated carbocycles. The first-order chi connectivity index (χ1) is 15.4. The number of nitrogens with one attached hydrogen (secondary N) is 1. The van der Waals surface area contributed by atoms with Crippen LogP contribution in [0.25, 0.3) is 32.0 Å². The monoisotopic (exact) mass is 442 g/mol. The third-order valence-corrected chi connectivity index (χ3v) is 6.69. The summed E-state index contributed by atoms with van der Waals surface area (Å²) in [5, 5.41) is 3.90. The van der Waals surface area contributed by atoms with E-state index in [4.69, 9.17) is 4.98 Å². The number of benzene rings is 1. The molecule has 0 spiro atoms. The summed E-state index contributed by atoms with van der Waals surface area (Å²) < 4.78 is 1.97. The maximum Gasteiger partial charge on any atom is 0.230 e. The van der Waals surface area contributed by atoms with Crippen LogP contribution in [0, 0.1) is 0 Å². The molecule has 0 bridgehead atoms. The van der Waals surface area contributed by atoms with Gasteiger partial charge in [0.2, 0.25) is 5.91 Å². The molecule has 5 rings (SSSR count). The topological polar surface area (TPSA) is 85.6 Å². The van der Waals surface area contributed by atoms with Crippen LogP contribution in [0.4, 0.5) is 0 Å². The number of carbonyl (C=O) groups is 1. The second-order valence-electron chi connectivity index (χ2n) is 8.27. The molecule has 7 nitrogen and oxygen atoms in total. The number of pyridine rings is 2. The summed E-state index contributed by atoms with van der Waals surface area (Å²) in [6.45, 7) is 4.31. The van der Waals surface area contributed by atoms with Gasteiger partial charge in [0.1, 0.15) is 20.9 Å². The molecule has 32 heavy (non-hydrogen) atoms.